The summed E-state index contributed by atoms with van der Waals surface area (Å²) in [5.41, 5.74) is 0.990. The van der Waals surface area contributed by atoms with Crippen molar-refractivity contribution in [3.63, 3.8) is 0 Å². The minimum absolute atomic E-state index is 0.312. The Kier molecular flexibility index (Phi) is 3.25. The topological polar surface area (TPSA) is 17.1 Å². The highest BCUT2D eigenvalue weighted by Gasteiger charge is 2.24. The fourth-order valence-electron chi connectivity index (χ4n) is 2.46. The lowest BCUT2D eigenvalue weighted by Gasteiger charge is -2.20. The molecule has 1 aromatic heterocycles. The van der Waals surface area contributed by atoms with Crippen molar-refractivity contribution in [3.8, 4) is 0 Å². The summed E-state index contributed by atoms with van der Waals surface area (Å²) in [7, 11) is 0. The summed E-state index contributed by atoms with van der Waals surface area (Å²) >= 11 is 1.74. The average molecular weight is 222 g/mol. The van der Waals surface area contributed by atoms with Gasteiger partial charge in [-0.25, -0.2) is 0 Å². The molecule has 82 valence electrons. The van der Waals surface area contributed by atoms with Crippen LogP contribution in [-0.2, 0) is 0 Å². The van der Waals surface area contributed by atoms with Gasteiger partial charge in [-0.15, -0.1) is 11.3 Å². The molecule has 0 unspecified atom stereocenters. The molecule has 1 saturated carbocycles. The number of Topliss-reactive ketones (excluding diaryl/α,β-unsaturated/α-hetero) is 1. The van der Waals surface area contributed by atoms with Crippen molar-refractivity contribution in [2.75, 3.05) is 0 Å². The zero-order chi connectivity index (χ0) is 10.8. The summed E-state index contributed by atoms with van der Waals surface area (Å²) < 4.78 is 0. The van der Waals surface area contributed by atoms with Gasteiger partial charge in [0.25, 0.3) is 0 Å². The first-order valence-corrected chi connectivity index (χ1v) is 6.61. The van der Waals surface area contributed by atoms with E-state index in [1.165, 1.54) is 29.0 Å². The quantitative estimate of drug-likeness (QED) is 0.688. The number of thiophene rings is 1. The summed E-state index contributed by atoms with van der Waals surface area (Å²) in [6.45, 7) is 4.14. The third kappa shape index (κ3) is 2.31. The molecule has 0 aliphatic heterocycles. The molecule has 2 heteroatoms. The van der Waals surface area contributed by atoms with Crippen LogP contribution in [0.3, 0.4) is 0 Å². The van der Waals surface area contributed by atoms with E-state index in [0.29, 0.717) is 11.7 Å². The van der Waals surface area contributed by atoms with Gasteiger partial charge >= 0.3 is 0 Å². The Hall–Kier alpha value is -0.630. The number of carbonyl (C=O) groups is 1. The summed E-state index contributed by atoms with van der Waals surface area (Å²) in [5, 5.41) is 0. The summed E-state index contributed by atoms with van der Waals surface area (Å²) in [4.78, 5) is 14.7. The normalized spacial score (nSPS) is 18.0. The van der Waals surface area contributed by atoms with Crippen LogP contribution in [0.5, 0.6) is 0 Å². The third-order valence-electron chi connectivity index (χ3n) is 3.28. The summed E-state index contributed by atoms with van der Waals surface area (Å²) in [5.74, 6) is 0.711. The molecule has 0 atom stereocenters. The smallest absolute Gasteiger partial charge is 0.167 e. The van der Waals surface area contributed by atoms with Gasteiger partial charge in [0, 0.05) is 21.2 Å². The largest absolute Gasteiger partial charge is 0.294 e. The maximum absolute atomic E-state index is 12.2. The minimum Gasteiger partial charge on any atom is -0.294 e. The van der Waals surface area contributed by atoms with Crippen molar-refractivity contribution in [3.05, 3.63) is 21.4 Å². The van der Waals surface area contributed by atoms with E-state index < -0.39 is 0 Å². The van der Waals surface area contributed by atoms with Crippen LogP contribution in [-0.4, -0.2) is 5.78 Å². The molecule has 0 aromatic carbocycles. The van der Waals surface area contributed by atoms with Crippen LogP contribution in [0, 0.1) is 19.8 Å². The first kappa shape index (κ1) is 10.9. The van der Waals surface area contributed by atoms with Gasteiger partial charge in [0.05, 0.1) is 0 Å². The Morgan fingerprint density at radius 2 is 1.93 bits per heavy atom. The molecular weight excluding hydrogens is 204 g/mol. The minimum atomic E-state index is 0.312. The van der Waals surface area contributed by atoms with Gasteiger partial charge in [-0.1, -0.05) is 19.3 Å². The monoisotopic (exact) mass is 222 g/mol. The summed E-state index contributed by atoms with van der Waals surface area (Å²) in [6.07, 6.45) is 5.99. The first-order chi connectivity index (χ1) is 7.18. The number of rotatable bonds is 2. The fraction of sp³-hybridized carbons (Fsp3) is 0.615. The Balaban J connectivity index is 2.16. The van der Waals surface area contributed by atoms with E-state index in [1.54, 1.807) is 11.3 Å². The molecule has 1 fully saturated rings. The molecule has 0 spiro atoms. The molecule has 0 N–H and O–H groups in total. The predicted octanol–water partition coefficient (Wildman–Crippen LogP) is 4.13. The molecule has 2 rings (SSSR count). The molecule has 1 aliphatic carbocycles. The highest BCUT2D eigenvalue weighted by atomic mass is 32.1. The molecule has 1 aromatic rings. The number of carbonyl (C=O) groups excluding carboxylic acids is 1. The second-order valence-electron chi connectivity index (χ2n) is 4.53. The van der Waals surface area contributed by atoms with E-state index in [2.05, 4.69) is 19.9 Å². The molecule has 15 heavy (non-hydrogen) atoms. The van der Waals surface area contributed by atoms with Crippen LogP contribution >= 0.6 is 11.3 Å². The van der Waals surface area contributed by atoms with Crippen molar-refractivity contribution in [2.24, 2.45) is 5.92 Å². The maximum Gasteiger partial charge on any atom is 0.167 e. The Labute approximate surface area is 95.5 Å². The van der Waals surface area contributed by atoms with E-state index in [1.807, 2.05) is 0 Å². The Bertz CT molecular complexity index is 359. The molecule has 1 nitrogen and oxygen atoms in total. The second kappa shape index (κ2) is 4.48. The molecule has 0 saturated heterocycles. The van der Waals surface area contributed by atoms with Crippen LogP contribution in [0.2, 0.25) is 0 Å². The number of aryl methyl sites for hydroxylation is 2. The second-order valence-corrected chi connectivity index (χ2v) is 5.99. The van der Waals surface area contributed by atoms with E-state index in [9.17, 15) is 4.79 Å². The number of hydrogen-bond acceptors (Lipinski definition) is 2. The molecular formula is C13H18OS. The highest BCUT2D eigenvalue weighted by molar-refractivity contribution is 7.12. The van der Waals surface area contributed by atoms with Crippen LogP contribution in [0.1, 0.15) is 52.2 Å². The van der Waals surface area contributed by atoms with Gasteiger partial charge in [0.2, 0.25) is 0 Å². The third-order valence-corrected chi connectivity index (χ3v) is 4.25. The SMILES string of the molecule is Cc1cc(C(=O)C2CCCCC2)c(C)s1. The predicted molar refractivity (Wildman–Crippen MR) is 64.7 cm³/mol. The van der Waals surface area contributed by atoms with Crippen molar-refractivity contribution in [1.82, 2.24) is 0 Å². The lowest BCUT2D eigenvalue weighted by molar-refractivity contribution is 0.0889. The standard InChI is InChI=1S/C13H18OS/c1-9-8-12(10(2)15-9)13(14)11-6-4-3-5-7-11/h8,11H,3-7H2,1-2H3. The van der Waals surface area contributed by atoms with Crippen LogP contribution in [0.15, 0.2) is 6.07 Å². The van der Waals surface area contributed by atoms with Crippen LogP contribution in [0.25, 0.3) is 0 Å². The molecule has 0 amide bonds. The molecule has 0 radical (unpaired) electrons. The number of ketones is 1. The van der Waals surface area contributed by atoms with Crippen molar-refractivity contribution in [1.29, 1.82) is 0 Å². The highest BCUT2D eigenvalue weighted by Crippen LogP contribution is 2.30. The Morgan fingerprint density at radius 1 is 1.27 bits per heavy atom. The Morgan fingerprint density at radius 3 is 2.47 bits per heavy atom. The van der Waals surface area contributed by atoms with Crippen LogP contribution in [0.4, 0.5) is 0 Å². The van der Waals surface area contributed by atoms with Gasteiger partial charge < -0.3 is 0 Å². The average Bonchev–Trinajstić information content (AvgIpc) is 2.58. The van der Waals surface area contributed by atoms with Crippen LogP contribution < -0.4 is 0 Å². The zero-order valence-electron chi connectivity index (χ0n) is 9.51. The van der Waals surface area contributed by atoms with Crippen molar-refractivity contribution < 1.29 is 4.79 Å². The summed E-state index contributed by atoms with van der Waals surface area (Å²) in [6, 6.07) is 2.07. The lowest BCUT2D eigenvalue weighted by atomic mass is 9.84. The maximum atomic E-state index is 12.2. The molecule has 1 aliphatic rings. The van der Waals surface area contributed by atoms with Crippen molar-refractivity contribution >= 4 is 17.1 Å². The van der Waals surface area contributed by atoms with E-state index >= 15 is 0 Å². The van der Waals surface area contributed by atoms with Gasteiger partial charge in [0.15, 0.2) is 5.78 Å². The van der Waals surface area contributed by atoms with E-state index in [-0.39, 0.29) is 0 Å². The van der Waals surface area contributed by atoms with Gasteiger partial charge in [0.1, 0.15) is 0 Å². The van der Waals surface area contributed by atoms with E-state index in [4.69, 9.17) is 0 Å². The zero-order valence-corrected chi connectivity index (χ0v) is 10.3. The number of hydrogen-bond donors (Lipinski definition) is 0. The molecule has 1 heterocycles. The first-order valence-electron chi connectivity index (χ1n) is 5.79. The van der Waals surface area contributed by atoms with Gasteiger partial charge in [-0.2, -0.15) is 0 Å². The van der Waals surface area contributed by atoms with Gasteiger partial charge in [-0.05, 0) is 32.8 Å². The van der Waals surface area contributed by atoms with E-state index in [0.717, 1.165) is 18.4 Å². The van der Waals surface area contributed by atoms with Gasteiger partial charge in [-0.3, -0.25) is 4.79 Å². The lowest BCUT2D eigenvalue weighted by Crippen LogP contribution is -2.17. The fourth-order valence-corrected chi connectivity index (χ4v) is 3.39. The molecule has 0 bridgehead atoms. The van der Waals surface area contributed by atoms with Crippen molar-refractivity contribution in [2.45, 2.75) is 46.0 Å².